The zero-order chi connectivity index (χ0) is 19.4. The number of hydrazine groups is 1. The predicted molar refractivity (Wildman–Crippen MR) is 91.6 cm³/mol. The fourth-order valence-electron chi connectivity index (χ4n) is 2.87. The molecule has 1 fully saturated rings. The van der Waals surface area contributed by atoms with Gasteiger partial charge in [0.2, 0.25) is 15.9 Å². The van der Waals surface area contributed by atoms with Crippen molar-refractivity contribution in [3.63, 3.8) is 0 Å². The normalized spacial score (nSPS) is 19.2. The van der Waals surface area contributed by atoms with E-state index in [2.05, 4.69) is 10.9 Å². The number of hydrogen-bond acceptors (Lipinski definition) is 4. The van der Waals surface area contributed by atoms with Crippen molar-refractivity contribution in [3.05, 3.63) is 29.8 Å². The number of carbonyl (C=O) groups is 1. The summed E-state index contributed by atoms with van der Waals surface area (Å²) in [4.78, 5) is 12.3. The third-order valence-corrected chi connectivity index (χ3v) is 6.21. The van der Waals surface area contributed by atoms with Crippen LogP contribution in [-0.4, -0.2) is 37.5 Å². The Bertz CT molecular complexity index is 738. The third-order valence-electron chi connectivity index (χ3n) is 4.16. The van der Waals surface area contributed by atoms with Gasteiger partial charge in [0, 0.05) is 13.1 Å². The summed E-state index contributed by atoms with van der Waals surface area (Å²) in [5, 5.41) is 0. The first-order valence-corrected chi connectivity index (χ1v) is 9.96. The van der Waals surface area contributed by atoms with Crippen LogP contribution in [0.5, 0.6) is 0 Å². The second kappa shape index (κ2) is 8.26. The Hall–Kier alpha value is -1.81. The van der Waals surface area contributed by atoms with Crippen molar-refractivity contribution in [2.75, 3.05) is 24.3 Å². The molecule has 1 unspecified atom stereocenters. The highest BCUT2D eigenvalue weighted by molar-refractivity contribution is 7.89. The summed E-state index contributed by atoms with van der Waals surface area (Å²) < 4.78 is 64.4. The van der Waals surface area contributed by atoms with Gasteiger partial charge in [-0.05, 0) is 31.4 Å². The number of benzene rings is 1. The number of amides is 1. The number of halogens is 3. The van der Waals surface area contributed by atoms with Crippen molar-refractivity contribution >= 4 is 21.6 Å². The fourth-order valence-corrected chi connectivity index (χ4v) is 4.45. The highest BCUT2D eigenvalue weighted by Gasteiger charge is 2.34. The van der Waals surface area contributed by atoms with E-state index < -0.39 is 33.6 Å². The maximum Gasteiger partial charge on any atom is 0.418 e. The van der Waals surface area contributed by atoms with Crippen LogP contribution in [0, 0.1) is 5.92 Å². The Kier molecular flexibility index (Phi) is 6.51. The molecule has 0 spiro atoms. The molecule has 6 nitrogen and oxygen atoms in total. The minimum atomic E-state index is -4.55. The van der Waals surface area contributed by atoms with E-state index in [0.717, 1.165) is 6.07 Å². The number of nitrogens with one attached hydrogen (secondary N) is 2. The van der Waals surface area contributed by atoms with E-state index in [4.69, 9.17) is 0 Å². The summed E-state index contributed by atoms with van der Waals surface area (Å²) in [5.74, 6) is -1.13. The SMILES string of the molecule is CCCS(=O)(=O)N1CCCC(C(=O)NNc2ccccc2C(F)(F)F)C1. The number of nitrogens with zero attached hydrogens (tertiary/aromatic N) is 1. The molecule has 26 heavy (non-hydrogen) atoms. The minimum Gasteiger partial charge on any atom is -0.298 e. The van der Waals surface area contributed by atoms with E-state index in [1.54, 1.807) is 6.92 Å². The number of carbonyl (C=O) groups excluding carboxylic acids is 1. The lowest BCUT2D eigenvalue weighted by atomic mass is 9.99. The second-order valence-corrected chi connectivity index (χ2v) is 8.26. The van der Waals surface area contributed by atoms with Gasteiger partial charge < -0.3 is 0 Å². The van der Waals surface area contributed by atoms with Crippen LogP contribution in [0.2, 0.25) is 0 Å². The van der Waals surface area contributed by atoms with Gasteiger partial charge in [0.05, 0.1) is 22.9 Å². The van der Waals surface area contributed by atoms with Crippen LogP contribution in [0.4, 0.5) is 18.9 Å². The summed E-state index contributed by atoms with van der Waals surface area (Å²) in [6, 6.07) is 4.80. The molecule has 10 heteroatoms. The molecule has 0 radical (unpaired) electrons. The first kappa shape index (κ1) is 20.5. The number of para-hydroxylation sites is 1. The third kappa shape index (κ3) is 5.10. The zero-order valence-electron chi connectivity index (χ0n) is 14.3. The Labute approximate surface area is 150 Å². The average Bonchev–Trinajstić information content (AvgIpc) is 2.59. The monoisotopic (exact) mass is 393 g/mol. The molecule has 0 aromatic heterocycles. The molecule has 1 amide bonds. The lowest BCUT2D eigenvalue weighted by Crippen LogP contribution is -2.47. The topological polar surface area (TPSA) is 78.5 Å². The zero-order valence-corrected chi connectivity index (χ0v) is 15.2. The lowest BCUT2D eigenvalue weighted by Gasteiger charge is -2.31. The van der Waals surface area contributed by atoms with Gasteiger partial charge in [-0.2, -0.15) is 13.2 Å². The summed E-state index contributed by atoms with van der Waals surface area (Å²) in [5.41, 5.74) is 3.43. The van der Waals surface area contributed by atoms with Crippen molar-refractivity contribution in [1.29, 1.82) is 0 Å². The molecule has 2 N–H and O–H groups in total. The minimum absolute atomic E-state index is 0.0124. The largest absolute Gasteiger partial charge is 0.418 e. The van der Waals surface area contributed by atoms with Crippen molar-refractivity contribution < 1.29 is 26.4 Å². The fraction of sp³-hybridized carbons (Fsp3) is 0.562. The molecule has 1 aromatic carbocycles. The van der Waals surface area contributed by atoms with Crippen LogP contribution in [0.3, 0.4) is 0 Å². The molecule has 0 bridgehead atoms. The smallest absolute Gasteiger partial charge is 0.298 e. The molecule has 1 saturated heterocycles. The molecule has 1 aliphatic heterocycles. The van der Waals surface area contributed by atoms with Crippen molar-refractivity contribution in [2.24, 2.45) is 5.92 Å². The van der Waals surface area contributed by atoms with E-state index in [9.17, 15) is 26.4 Å². The lowest BCUT2D eigenvalue weighted by molar-refractivity contribution is -0.137. The molecular weight excluding hydrogens is 371 g/mol. The number of hydrogen-bond donors (Lipinski definition) is 2. The maximum absolute atomic E-state index is 13.0. The highest BCUT2D eigenvalue weighted by atomic mass is 32.2. The molecule has 1 heterocycles. The number of rotatable bonds is 6. The average molecular weight is 393 g/mol. The van der Waals surface area contributed by atoms with Gasteiger partial charge in [0.1, 0.15) is 0 Å². The second-order valence-electron chi connectivity index (χ2n) is 6.17. The molecule has 2 rings (SSSR count). The van der Waals surface area contributed by atoms with E-state index in [1.165, 1.54) is 22.5 Å². The molecule has 1 aromatic rings. The predicted octanol–water partition coefficient (Wildman–Crippen LogP) is 2.60. The van der Waals surface area contributed by atoms with Crippen molar-refractivity contribution in [1.82, 2.24) is 9.73 Å². The molecule has 146 valence electrons. The van der Waals surface area contributed by atoms with Gasteiger partial charge in [-0.1, -0.05) is 19.1 Å². The highest BCUT2D eigenvalue weighted by Crippen LogP contribution is 2.34. The maximum atomic E-state index is 13.0. The van der Waals surface area contributed by atoms with Gasteiger partial charge >= 0.3 is 6.18 Å². The molecule has 0 aliphatic carbocycles. The standard InChI is InChI=1S/C16H22F3N3O3S/c1-2-10-26(24,25)22-9-5-6-12(11-22)15(23)21-20-14-8-4-3-7-13(14)16(17,18)19/h3-4,7-8,12,20H,2,5-6,9-11H2,1H3,(H,21,23). The summed E-state index contributed by atoms with van der Waals surface area (Å²) in [6.45, 7) is 2.15. The Morgan fingerprint density at radius 3 is 2.65 bits per heavy atom. The van der Waals surface area contributed by atoms with Crippen molar-refractivity contribution in [2.45, 2.75) is 32.4 Å². The quantitative estimate of drug-likeness (QED) is 0.729. The van der Waals surface area contributed by atoms with Crippen LogP contribution >= 0.6 is 0 Å². The Morgan fingerprint density at radius 1 is 1.31 bits per heavy atom. The van der Waals surface area contributed by atoms with Gasteiger partial charge in [-0.25, -0.2) is 12.7 Å². The first-order chi connectivity index (χ1) is 12.1. The van der Waals surface area contributed by atoms with E-state index in [0.29, 0.717) is 25.8 Å². The molecule has 0 saturated carbocycles. The number of piperidine rings is 1. The molecular formula is C16H22F3N3O3S. The number of sulfonamides is 1. The molecule has 1 atom stereocenters. The van der Waals surface area contributed by atoms with E-state index >= 15 is 0 Å². The van der Waals surface area contributed by atoms with Crippen molar-refractivity contribution in [3.8, 4) is 0 Å². The first-order valence-electron chi connectivity index (χ1n) is 8.35. The Morgan fingerprint density at radius 2 is 2.00 bits per heavy atom. The summed E-state index contributed by atoms with van der Waals surface area (Å²) in [7, 11) is -3.41. The van der Waals surface area contributed by atoms with Crippen LogP contribution in [0.25, 0.3) is 0 Å². The molecule has 1 aliphatic rings. The van der Waals surface area contributed by atoms with Gasteiger partial charge in [-0.15, -0.1) is 0 Å². The van der Waals surface area contributed by atoms with Crippen LogP contribution in [-0.2, 0) is 21.0 Å². The Balaban J connectivity index is 2.01. The summed E-state index contributed by atoms with van der Waals surface area (Å²) >= 11 is 0. The van der Waals surface area contributed by atoms with E-state index in [-0.39, 0.29) is 18.0 Å². The van der Waals surface area contributed by atoms with Gasteiger partial charge in [0.15, 0.2) is 0 Å². The van der Waals surface area contributed by atoms with Crippen LogP contribution in [0.1, 0.15) is 31.7 Å². The van der Waals surface area contributed by atoms with E-state index in [1.807, 2.05) is 0 Å². The van der Waals surface area contributed by atoms with Gasteiger partial charge in [0.25, 0.3) is 0 Å². The van der Waals surface area contributed by atoms with Crippen LogP contribution < -0.4 is 10.9 Å². The van der Waals surface area contributed by atoms with Crippen LogP contribution in [0.15, 0.2) is 24.3 Å². The van der Waals surface area contributed by atoms with Gasteiger partial charge in [-0.3, -0.25) is 15.6 Å². The number of alkyl halides is 3. The number of anilines is 1. The summed E-state index contributed by atoms with van der Waals surface area (Å²) in [6.07, 6.45) is -3.07.